The van der Waals surface area contributed by atoms with Gasteiger partial charge >= 0.3 is 0 Å². The monoisotopic (exact) mass is 362 g/mol. The Morgan fingerprint density at radius 3 is 2.42 bits per heavy atom. The number of halogens is 1. The van der Waals surface area contributed by atoms with Gasteiger partial charge in [-0.3, -0.25) is 0 Å². The van der Waals surface area contributed by atoms with Crippen molar-refractivity contribution in [2.75, 3.05) is 0 Å². The Balaban J connectivity index is 1.84. The maximum absolute atomic E-state index is 2.44. The molecule has 0 heterocycles. The van der Waals surface area contributed by atoms with Gasteiger partial charge in [0.2, 0.25) is 0 Å². The Bertz CT molecular complexity index is 550. The number of hydrogen-bond acceptors (Lipinski definition) is 0. The van der Waals surface area contributed by atoms with Gasteiger partial charge in [0.15, 0.2) is 0 Å². The SMILES string of the molecule is IC1=CC=C(C2=CC(C3=CCCC=C3)=CCC2)CC1. The van der Waals surface area contributed by atoms with E-state index >= 15 is 0 Å². The van der Waals surface area contributed by atoms with Crippen LogP contribution in [0.25, 0.3) is 0 Å². The molecule has 0 amide bonds. The zero-order valence-electron chi connectivity index (χ0n) is 11.2. The summed E-state index contributed by atoms with van der Waals surface area (Å²) in [6, 6.07) is 0. The van der Waals surface area contributed by atoms with Crippen LogP contribution in [0.2, 0.25) is 0 Å². The maximum atomic E-state index is 2.44. The van der Waals surface area contributed by atoms with Crippen LogP contribution in [0.15, 0.2) is 68.4 Å². The lowest BCUT2D eigenvalue weighted by molar-refractivity contribution is 0.888. The molecule has 98 valence electrons. The average Bonchev–Trinajstić information content (AvgIpc) is 2.49. The molecule has 3 rings (SSSR count). The lowest BCUT2D eigenvalue weighted by atomic mass is 9.86. The van der Waals surface area contributed by atoms with Crippen molar-refractivity contribution in [2.45, 2.75) is 38.5 Å². The fraction of sp³-hybridized carbons (Fsp3) is 0.333. The van der Waals surface area contributed by atoms with Crippen LogP contribution >= 0.6 is 22.6 Å². The third-order valence-corrected chi connectivity index (χ3v) is 4.85. The first kappa shape index (κ1) is 13.2. The summed E-state index contributed by atoms with van der Waals surface area (Å²) in [7, 11) is 0. The Kier molecular flexibility index (Phi) is 4.21. The molecule has 19 heavy (non-hydrogen) atoms. The Morgan fingerprint density at radius 1 is 0.789 bits per heavy atom. The Labute approximate surface area is 129 Å². The molecule has 0 atom stereocenters. The van der Waals surface area contributed by atoms with Crippen molar-refractivity contribution < 1.29 is 0 Å². The van der Waals surface area contributed by atoms with Gasteiger partial charge in [-0.15, -0.1) is 0 Å². The minimum atomic E-state index is 1.19. The van der Waals surface area contributed by atoms with Crippen LogP contribution in [0.3, 0.4) is 0 Å². The van der Waals surface area contributed by atoms with E-state index in [4.69, 9.17) is 0 Å². The van der Waals surface area contributed by atoms with Crippen LogP contribution in [0.4, 0.5) is 0 Å². The summed E-state index contributed by atoms with van der Waals surface area (Å²) in [6.45, 7) is 0. The molecular formula is C18H19I. The van der Waals surface area contributed by atoms with Crippen molar-refractivity contribution in [1.29, 1.82) is 0 Å². The highest BCUT2D eigenvalue weighted by atomic mass is 127. The van der Waals surface area contributed by atoms with Gasteiger partial charge in [0, 0.05) is 0 Å². The smallest absolute Gasteiger partial charge is 0.00907 e. The van der Waals surface area contributed by atoms with Crippen molar-refractivity contribution in [3.8, 4) is 0 Å². The first-order chi connectivity index (χ1) is 9.33. The summed E-state index contributed by atoms with van der Waals surface area (Å²) in [5, 5.41) is 0. The standard InChI is InChI=1S/C18H19I/c19-18-11-9-15(10-12-18)17-8-4-7-16(13-17)14-5-2-1-3-6-14/h2,5-7,9,11,13H,1,3-4,8,10,12H2. The highest BCUT2D eigenvalue weighted by molar-refractivity contribution is 14.1. The lowest BCUT2D eigenvalue weighted by Crippen LogP contribution is -2.00. The van der Waals surface area contributed by atoms with E-state index in [9.17, 15) is 0 Å². The summed E-state index contributed by atoms with van der Waals surface area (Å²) in [6.07, 6.45) is 23.6. The average molecular weight is 362 g/mol. The van der Waals surface area contributed by atoms with E-state index < -0.39 is 0 Å². The highest BCUT2D eigenvalue weighted by Gasteiger charge is 2.14. The normalized spacial score (nSPS) is 23.1. The summed E-state index contributed by atoms with van der Waals surface area (Å²) in [5.74, 6) is 0. The van der Waals surface area contributed by atoms with E-state index in [-0.39, 0.29) is 0 Å². The molecule has 0 spiro atoms. The van der Waals surface area contributed by atoms with Crippen LogP contribution in [-0.4, -0.2) is 0 Å². The van der Waals surface area contributed by atoms with Gasteiger partial charge in [-0.2, -0.15) is 0 Å². The molecule has 0 aromatic carbocycles. The Hall–Kier alpha value is -0.830. The van der Waals surface area contributed by atoms with E-state index in [1.807, 2.05) is 0 Å². The molecule has 0 fully saturated rings. The van der Waals surface area contributed by atoms with Crippen molar-refractivity contribution in [3.05, 3.63) is 68.4 Å². The van der Waals surface area contributed by atoms with Crippen molar-refractivity contribution >= 4 is 22.6 Å². The molecule has 0 aliphatic heterocycles. The van der Waals surface area contributed by atoms with Gasteiger partial charge in [0.25, 0.3) is 0 Å². The third kappa shape index (κ3) is 3.19. The van der Waals surface area contributed by atoms with Crippen LogP contribution in [0, 0.1) is 0 Å². The number of allylic oxidation sites excluding steroid dienone is 12. The van der Waals surface area contributed by atoms with E-state index in [0.717, 1.165) is 0 Å². The first-order valence-corrected chi connectivity index (χ1v) is 8.24. The quantitative estimate of drug-likeness (QED) is 0.533. The molecular weight excluding hydrogens is 343 g/mol. The summed E-state index contributed by atoms with van der Waals surface area (Å²) < 4.78 is 1.48. The van der Waals surface area contributed by atoms with Gasteiger partial charge < -0.3 is 0 Å². The summed E-state index contributed by atoms with van der Waals surface area (Å²) >= 11 is 2.44. The van der Waals surface area contributed by atoms with E-state index in [2.05, 4.69) is 65.1 Å². The van der Waals surface area contributed by atoms with Crippen molar-refractivity contribution in [3.63, 3.8) is 0 Å². The third-order valence-electron chi connectivity index (χ3n) is 3.95. The molecule has 0 saturated heterocycles. The topological polar surface area (TPSA) is 0 Å². The van der Waals surface area contributed by atoms with Gasteiger partial charge in [-0.1, -0.05) is 42.5 Å². The molecule has 0 aromatic rings. The molecule has 1 heteroatoms. The molecule has 0 saturated carbocycles. The fourth-order valence-corrected chi connectivity index (χ4v) is 3.31. The predicted molar refractivity (Wildman–Crippen MR) is 91.3 cm³/mol. The van der Waals surface area contributed by atoms with Crippen LogP contribution in [0.5, 0.6) is 0 Å². The second-order valence-corrected chi connectivity index (χ2v) is 6.70. The van der Waals surface area contributed by atoms with Gasteiger partial charge in [-0.25, -0.2) is 0 Å². The molecule has 0 N–H and O–H groups in total. The van der Waals surface area contributed by atoms with Gasteiger partial charge in [0.05, 0.1) is 0 Å². The predicted octanol–water partition coefficient (Wildman–Crippen LogP) is 5.95. The molecule has 0 bridgehead atoms. The van der Waals surface area contributed by atoms with E-state index in [0.29, 0.717) is 0 Å². The van der Waals surface area contributed by atoms with Crippen LogP contribution in [0.1, 0.15) is 38.5 Å². The molecule has 0 radical (unpaired) electrons. The maximum Gasteiger partial charge on any atom is -0.00907 e. The van der Waals surface area contributed by atoms with Gasteiger partial charge in [0.1, 0.15) is 0 Å². The zero-order valence-corrected chi connectivity index (χ0v) is 13.3. The molecule has 3 aliphatic rings. The zero-order chi connectivity index (χ0) is 13.1. The minimum Gasteiger partial charge on any atom is -0.0836 e. The Morgan fingerprint density at radius 2 is 1.68 bits per heavy atom. The molecule has 3 aliphatic carbocycles. The lowest BCUT2D eigenvalue weighted by Gasteiger charge is -2.20. The van der Waals surface area contributed by atoms with Crippen LogP contribution in [-0.2, 0) is 0 Å². The largest absolute Gasteiger partial charge is 0.0836 e. The van der Waals surface area contributed by atoms with Gasteiger partial charge in [-0.05, 0) is 87.0 Å². The first-order valence-electron chi connectivity index (χ1n) is 7.16. The minimum absolute atomic E-state index is 1.19. The second kappa shape index (κ2) is 6.08. The summed E-state index contributed by atoms with van der Waals surface area (Å²) in [4.78, 5) is 0. The molecule has 0 unspecified atom stereocenters. The highest BCUT2D eigenvalue weighted by Crippen LogP contribution is 2.34. The fourth-order valence-electron chi connectivity index (χ4n) is 2.86. The second-order valence-electron chi connectivity index (χ2n) is 5.31. The van der Waals surface area contributed by atoms with E-state index in [1.165, 1.54) is 53.3 Å². The van der Waals surface area contributed by atoms with Crippen molar-refractivity contribution in [1.82, 2.24) is 0 Å². The van der Waals surface area contributed by atoms with E-state index in [1.54, 1.807) is 11.1 Å². The number of rotatable bonds is 2. The number of hydrogen-bond donors (Lipinski definition) is 0. The molecule has 0 nitrogen and oxygen atoms in total. The molecule has 0 aromatic heterocycles. The summed E-state index contributed by atoms with van der Waals surface area (Å²) in [5.41, 5.74) is 5.95. The van der Waals surface area contributed by atoms with Crippen LogP contribution < -0.4 is 0 Å². The van der Waals surface area contributed by atoms with Crippen molar-refractivity contribution in [2.24, 2.45) is 0 Å².